The third kappa shape index (κ3) is 2.48. The summed E-state index contributed by atoms with van der Waals surface area (Å²) in [6.45, 7) is 2.08. The second-order valence-corrected chi connectivity index (χ2v) is 4.76. The number of benzene rings is 1. The van der Waals surface area contributed by atoms with Crippen molar-refractivity contribution < 1.29 is 15.0 Å². The van der Waals surface area contributed by atoms with Crippen molar-refractivity contribution in [3.63, 3.8) is 0 Å². The Morgan fingerprint density at radius 3 is 2.61 bits per heavy atom. The van der Waals surface area contributed by atoms with E-state index < -0.39 is 0 Å². The summed E-state index contributed by atoms with van der Waals surface area (Å²) >= 11 is 0. The molecule has 1 saturated carbocycles. The van der Waals surface area contributed by atoms with Crippen LogP contribution in [0.2, 0.25) is 0 Å². The molecule has 1 fully saturated rings. The highest BCUT2D eigenvalue weighted by Crippen LogP contribution is 2.32. The van der Waals surface area contributed by atoms with E-state index in [-0.39, 0.29) is 18.1 Å². The van der Waals surface area contributed by atoms with Crippen molar-refractivity contribution in [2.75, 3.05) is 18.1 Å². The first-order valence-electron chi connectivity index (χ1n) is 6.35. The van der Waals surface area contributed by atoms with Gasteiger partial charge in [0.15, 0.2) is 5.78 Å². The van der Waals surface area contributed by atoms with Crippen LogP contribution >= 0.6 is 0 Å². The third-order valence-corrected chi connectivity index (χ3v) is 3.55. The van der Waals surface area contributed by atoms with Crippen LogP contribution in [0.5, 0.6) is 5.75 Å². The highest BCUT2D eigenvalue weighted by molar-refractivity contribution is 5.97. The maximum atomic E-state index is 11.3. The van der Waals surface area contributed by atoms with E-state index in [1.54, 1.807) is 12.1 Å². The Morgan fingerprint density at radius 2 is 2.17 bits per heavy atom. The van der Waals surface area contributed by atoms with Crippen LogP contribution in [0.3, 0.4) is 0 Å². The molecule has 4 nitrogen and oxygen atoms in total. The molecule has 1 aliphatic rings. The minimum absolute atomic E-state index is 0.0160. The number of aliphatic hydroxyl groups is 1. The van der Waals surface area contributed by atoms with Gasteiger partial charge in [-0.15, -0.1) is 0 Å². The fraction of sp³-hybridized carbons (Fsp3) is 0.500. The second kappa shape index (κ2) is 5.40. The van der Waals surface area contributed by atoms with Gasteiger partial charge in [-0.2, -0.15) is 0 Å². The second-order valence-electron chi connectivity index (χ2n) is 4.76. The van der Waals surface area contributed by atoms with Crippen LogP contribution in [0.25, 0.3) is 0 Å². The van der Waals surface area contributed by atoms with Crippen LogP contribution in [0.1, 0.15) is 36.5 Å². The largest absolute Gasteiger partial charge is 0.507 e. The van der Waals surface area contributed by atoms with Gasteiger partial charge >= 0.3 is 0 Å². The summed E-state index contributed by atoms with van der Waals surface area (Å²) in [6, 6.07) is 5.55. The normalized spacial score (nSPS) is 15.2. The van der Waals surface area contributed by atoms with Gasteiger partial charge in [0.1, 0.15) is 5.75 Å². The number of aliphatic hydroxyl groups excluding tert-OH is 1. The zero-order valence-electron chi connectivity index (χ0n) is 10.6. The van der Waals surface area contributed by atoms with Gasteiger partial charge in [0.2, 0.25) is 0 Å². The Morgan fingerprint density at radius 1 is 1.44 bits per heavy atom. The SMILES string of the molecule is CC(=O)c1ccc(N(CCO)C2CCC2)cc1O. The number of anilines is 1. The molecule has 1 aromatic carbocycles. The number of carbonyl (C=O) groups is 1. The molecule has 2 rings (SSSR count). The van der Waals surface area contributed by atoms with Crippen LogP contribution in [0, 0.1) is 0 Å². The third-order valence-electron chi connectivity index (χ3n) is 3.55. The molecule has 0 atom stereocenters. The fourth-order valence-electron chi connectivity index (χ4n) is 2.32. The molecule has 0 unspecified atom stereocenters. The van der Waals surface area contributed by atoms with E-state index >= 15 is 0 Å². The quantitative estimate of drug-likeness (QED) is 0.783. The summed E-state index contributed by atoms with van der Waals surface area (Å²) in [4.78, 5) is 13.4. The van der Waals surface area contributed by atoms with Gasteiger partial charge in [0, 0.05) is 24.3 Å². The highest BCUT2D eigenvalue weighted by Gasteiger charge is 2.25. The van der Waals surface area contributed by atoms with Gasteiger partial charge < -0.3 is 15.1 Å². The van der Waals surface area contributed by atoms with E-state index in [1.807, 2.05) is 6.07 Å². The number of hydrogen-bond acceptors (Lipinski definition) is 4. The maximum Gasteiger partial charge on any atom is 0.163 e. The number of carbonyl (C=O) groups excluding carboxylic acids is 1. The van der Waals surface area contributed by atoms with Crippen LogP contribution in [0.15, 0.2) is 18.2 Å². The zero-order chi connectivity index (χ0) is 13.1. The smallest absolute Gasteiger partial charge is 0.163 e. The summed E-state index contributed by atoms with van der Waals surface area (Å²) in [6.07, 6.45) is 3.45. The molecule has 0 aliphatic heterocycles. The lowest BCUT2D eigenvalue weighted by molar-refractivity contribution is 0.101. The van der Waals surface area contributed by atoms with Crippen molar-refractivity contribution in [2.45, 2.75) is 32.2 Å². The number of ketones is 1. The Balaban J connectivity index is 2.24. The lowest BCUT2D eigenvalue weighted by atomic mass is 9.91. The Kier molecular flexibility index (Phi) is 3.87. The summed E-state index contributed by atoms with van der Waals surface area (Å²) in [5.74, 6) is -0.126. The Bertz CT molecular complexity index is 441. The molecule has 0 saturated heterocycles. The van der Waals surface area contributed by atoms with Crippen molar-refractivity contribution >= 4 is 11.5 Å². The number of nitrogens with zero attached hydrogens (tertiary/aromatic N) is 1. The number of rotatable bonds is 5. The Labute approximate surface area is 107 Å². The van der Waals surface area contributed by atoms with Crippen molar-refractivity contribution in [1.29, 1.82) is 0 Å². The molecule has 0 heterocycles. The van der Waals surface area contributed by atoms with Crippen LogP contribution in [-0.2, 0) is 0 Å². The summed E-state index contributed by atoms with van der Waals surface area (Å²) in [5.41, 5.74) is 1.22. The first kappa shape index (κ1) is 12.9. The predicted octanol–water partition coefficient (Wildman–Crippen LogP) is 1.95. The molecule has 0 bridgehead atoms. The van der Waals surface area contributed by atoms with Gasteiger partial charge in [0.05, 0.1) is 12.2 Å². The van der Waals surface area contributed by atoms with E-state index in [9.17, 15) is 9.90 Å². The van der Waals surface area contributed by atoms with E-state index in [0.717, 1.165) is 18.5 Å². The topological polar surface area (TPSA) is 60.8 Å². The molecule has 98 valence electrons. The molecule has 4 heteroatoms. The molecule has 0 amide bonds. The van der Waals surface area contributed by atoms with Crippen molar-refractivity contribution in [3.05, 3.63) is 23.8 Å². The minimum atomic E-state index is -0.142. The molecule has 0 aromatic heterocycles. The molecule has 18 heavy (non-hydrogen) atoms. The van der Waals surface area contributed by atoms with Crippen LogP contribution in [-0.4, -0.2) is 35.2 Å². The highest BCUT2D eigenvalue weighted by atomic mass is 16.3. The molecule has 0 radical (unpaired) electrons. The average molecular weight is 249 g/mol. The van der Waals surface area contributed by atoms with E-state index in [0.29, 0.717) is 18.2 Å². The number of aromatic hydroxyl groups is 1. The van der Waals surface area contributed by atoms with Gasteiger partial charge in [-0.1, -0.05) is 0 Å². The number of phenols is 1. The fourth-order valence-corrected chi connectivity index (χ4v) is 2.32. The molecule has 1 aromatic rings. The van der Waals surface area contributed by atoms with Gasteiger partial charge in [-0.25, -0.2) is 0 Å². The summed E-state index contributed by atoms with van der Waals surface area (Å²) in [7, 11) is 0. The van der Waals surface area contributed by atoms with Crippen molar-refractivity contribution in [3.8, 4) is 5.75 Å². The lowest BCUT2D eigenvalue weighted by Crippen LogP contribution is -2.41. The monoisotopic (exact) mass is 249 g/mol. The van der Waals surface area contributed by atoms with E-state index in [4.69, 9.17) is 5.11 Å². The Hall–Kier alpha value is -1.55. The standard InChI is InChI=1S/C14H19NO3/c1-10(17)13-6-5-12(9-14(13)18)15(7-8-16)11-3-2-4-11/h5-6,9,11,16,18H,2-4,7-8H2,1H3. The summed E-state index contributed by atoms with van der Waals surface area (Å²) in [5, 5.41) is 19.0. The van der Waals surface area contributed by atoms with Crippen molar-refractivity contribution in [1.82, 2.24) is 0 Å². The zero-order valence-corrected chi connectivity index (χ0v) is 10.6. The number of Topliss-reactive ketones (excluding diaryl/α,β-unsaturated/α-hetero) is 1. The molecular weight excluding hydrogens is 230 g/mol. The van der Waals surface area contributed by atoms with Crippen LogP contribution in [0.4, 0.5) is 5.69 Å². The molecule has 0 spiro atoms. The van der Waals surface area contributed by atoms with Crippen molar-refractivity contribution in [2.24, 2.45) is 0 Å². The van der Waals surface area contributed by atoms with E-state index in [1.165, 1.54) is 13.3 Å². The van der Waals surface area contributed by atoms with E-state index in [2.05, 4.69) is 4.90 Å². The number of phenolic OH excluding ortho intramolecular Hbond substituents is 1. The maximum absolute atomic E-state index is 11.3. The first-order chi connectivity index (χ1) is 8.63. The molecule has 2 N–H and O–H groups in total. The lowest BCUT2D eigenvalue weighted by Gasteiger charge is -2.39. The average Bonchev–Trinajstić information content (AvgIpc) is 2.25. The van der Waals surface area contributed by atoms with Gasteiger partial charge in [-0.3, -0.25) is 4.79 Å². The first-order valence-corrected chi connectivity index (χ1v) is 6.35. The number of hydrogen-bond donors (Lipinski definition) is 2. The minimum Gasteiger partial charge on any atom is -0.507 e. The van der Waals surface area contributed by atoms with Crippen LogP contribution < -0.4 is 4.90 Å². The molecular formula is C14H19NO3. The van der Waals surface area contributed by atoms with Gasteiger partial charge in [0.25, 0.3) is 0 Å². The predicted molar refractivity (Wildman–Crippen MR) is 70.2 cm³/mol. The molecule has 1 aliphatic carbocycles. The van der Waals surface area contributed by atoms with Gasteiger partial charge in [-0.05, 0) is 38.3 Å². The summed E-state index contributed by atoms with van der Waals surface area (Å²) < 4.78 is 0.